The molecule has 110 heavy (non-hydrogen) atoms. The van der Waals surface area contributed by atoms with E-state index in [0.29, 0.717) is 37.4 Å². The fourth-order valence-electron chi connectivity index (χ4n) is 6.98. The topological polar surface area (TPSA) is 434 Å². The molecule has 0 radical (unpaired) electrons. The Labute approximate surface area is 713 Å². The second-order valence-corrected chi connectivity index (χ2v) is 28.2. The van der Waals surface area contributed by atoms with Crippen LogP contribution in [0.5, 0.6) is 0 Å². The molecule has 0 unspecified atom stereocenters. The summed E-state index contributed by atoms with van der Waals surface area (Å²) >= 11 is 54.9. The summed E-state index contributed by atoms with van der Waals surface area (Å²) < 4.78 is 72.7. The highest BCUT2D eigenvalue weighted by Crippen LogP contribution is 2.27. The Balaban J connectivity index is -0.00000139. The Hall–Kier alpha value is -4.11. The number of carbonyl (C=O) groups is 14. The van der Waals surface area contributed by atoms with Gasteiger partial charge in [-0.15, -0.1) is 0 Å². The number of nitrogens with zero attached hydrogens (tertiary/aromatic N) is 3. The summed E-state index contributed by atoms with van der Waals surface area (Å²) in [5, 5.41) is 0. The van der Waals surface area contributed by atoms with Crippen molar-refractivity contribution in [2.75, 3.05) is 153 Å². The first kappa shape index (κ1) is 110. The molecule has 0 N–H and O–H groups in total. The molecule has 1 aromatic rings. The van der Waals surface area contributed by atoms with E-state index in [1.54, 1.807) is 0 Å². The molecule has 0 aliphatic rings. The van der Waals surface area contributed by atoms with Crippen LogP contribution in [-0.2, 0) is 154 Å². The predicted molar refractivity (Wildman–Crippen MR) is 445 cm³/mol. The van der Waals surface area contributed by atoms with Gasteiger partial charge < -0.3 is 66.3 Å². The zero-order valence-corrected chi connectivity index (χ0v) is 72.8. The SMILES string of the molecule is CCC(COC(=O)CCS)(COC(=O)CCS)COC(=O)CCS.O=C(CCS)OCC(COC(=O)CCS)(COC(=O)CCS)COC(=O)CCS.O=C(CCS)OCn1c(=O)n(COC(=O)CCS)c(=O)n(COC(=O)CCS)c1=O.O=C(CS)OCC(COC(=O)CS)(COC(=O)CCS)COC(=O)CCS. The van der Waals surface area contributed by atoms with Crippen molar-refractivity contribution in [2.45, 2.75) is 111 Å². The van der Waals surface area contributed by atoms with E-state index < -0.39 is 137 Å². The van der Waals surface area contributed by atoms with Crippen molar-refractivity contribution in [3.05, 3.63) is 31.5 Å². The van der Waals surface area contributed by atoms with Crippen LogP contribution in [0.25, 0.3) is 0 Å². The maximum atomic E-state index is 12.5. The van der Waals surface area contributed by atoms with Gasteiger partial charge in [0.25, 0.3) is 0 Å². The van der Waals surface area contributed by atoms with Crippen molar-refractivity contribution in [1.82, 2.24) is 13.7 Å². The van der Waals surface area contributed by atoms with Gasteiger partial charge in [0.2, 0.25) is 0 Å². The van der Waals surface area contributed by atoms with E-state index >= 15 is 0 Å². The third kappa shape index (κ3) is 53.1. The van der Waals surface area contributed by atoms with Crippen LogP contribution in [-0.4, -0.2) is 250 Å². The van der Waals surface area contributed by atoms with Gasteiger partial charge >= 0.3 is 101 Å². The molecule has 632 valence electrons. The number of thiol groups is 14. The molecule has 1 aromatic heterocycles. The highest BCUT2D eigenvalue weighted by atomic mass is 32.1. The summed E-state index contributed by atoms with van der Waals surface area (Å²) in [7, 11) is 0. The Kier molecular flexibility index (Phi) is 68.2. The molecular weight excluding hydrogens is 1730 g/mol. The number of rotatable bonds is 55. The minimum Gasteiger partial charge on any atom is -0.465 e. The van der Waals surface area contributed by atoms with E-state index in [9.17, 15) is 81.5 Å². The number of carbonyl (C=O) groups excluding carboxylic acids is 14. The fourth-order valence-corrected chi connectivity index (χ4v) is 9.35. The van der Waals surface area contributed by atoms with Gasteiger partial charge in [-0.25, -0.2) is 28.1 Å². The first-order valence-electron chi connectivity index (χ1n) is 33.0. The quantitative estimate of drug-likeness (QED) is 0.0253. The molecule has 0 aliphatic carbocycles. The van der Waals surface area contributed by atoms with Gasteiger partial charge in [0.05, 0.1) is 94.0 Å². The molecule has 48 heteroatoms. The van der Waals surface area contributed by atoms with E-state index in [1.165, 1.54) is 0 Å². The van der Waals surface area contributed by atoms with Gasteiger partial charge in [-0.2, -0.15) is 177 Å². The van der Waals surface area contributed by atoms with Crippen LogP contribution in [0, 0.1) is 16.2 Å². The van der Waals surface area contributed by atoms with Crippen LogP contribution < -0.4 is 17.1 Å². The normalized spacial score (nSPS) is 10.8. The highest BCUT2D eigenvalue weighted by molar-refractivity contribution is 7.82. The van der Waals surface area contributed by atoms with E-state index in [2.05, 4.69) is 177 Å². The summed E-state index contributed by atoms with van der Waals surface area (Å²) in [5.74, 6) is -4.83. The predicted octanol–water partition coefficient (Wildman–Crippen LogP) is 2.68. The molecule has 1 heterocycles. The standard InChI is InChI=1S/C17H28O8S4.C15H21N3O9S3.C15H24O8S4.C15H26O6S3/c18-13(1-5-26)22-9-17(10-23-14(19)2-6-27,11-24-15(20)3-7-28)12-25-16(21)4-8-29;19-10(1-4-28)25-7-16-13(22)17(8-26-11(20)2-5-29)15(24)18(14(16)23)9-27-12(21)3-6-30;16-11(1-3-24)20-7-15(9-22-13(18)5-26,10-23-14(19)6-27)8-21-12(17)2-4-25;1-2-15(9-19-12(16)3-6-22,10-20-13(17)4-7-23)11-21-14(18)5-8-24/h26-29H,1-12H2;28-30H,1-9H2;24-27H,1-10H2;22-24H,2-11H2,1H3. The second-order valence-electron chi connectivity index (χ2n) is 22.2. The largest absolute Gasteiger partial charge is 0.465 e. The van der Waals surface area contributed by atoms with E-state index in [4.69, 9.17) is 66.3 Å². The molecule has 0 atom stereocenters. The molecule has 0 bridgehead atoms. The molecule has 0 amide bonds. The lowest BCUT2D eigenvalue weighted by Gasteiger charge is -2.31. The van der Waals surface area contributed by atoms with Crippen molar-refractivity contribution in [3.63, 3.8) is 0 Å². The number of hydrogen-bond acceptors (Lipinski definition) is 45. The van der Waals surface area contributed by atoms with Crippen molar-refractivity contribution in [3.8, 4) is 0 Å². The van der Waals surface area contributed by atoms with Crippen LogP contribution >= 0.6 is 177 Å². The zero-order chi connectivity index (χ0) is 83.9. The Morgan fingerprint density at radius 3 is 0.473 bits per heavy atom. The van der Waals surface area contributed by atoms with Gasteiger partial charge in [0, 0.05) is 69.0 Å². The maximum absolute atomic E-state index is 12.5. The fraction of sp³-hybridized carbons (Fsp3) is 0.726. The second kappa shape index (κ2) is 68.1. The lowest BCUT2D eigenvalue weighted by atomic mass is 9.88. The molecule has 1 rings (SSSR count). The smallest absolute Gasteiger partial charge is 0.341 e. The highest BCUT2D eigenvalue weighted by Gasteiger charge is 2.40. The number of aromatic nitrogens is 3. The van der Waals surface area contributed by atoms with Crippen molar-refractivity contribution >= 4 is 260 Å². The average Bonchev–Trinajstić information content (AvgIpc) is 0.784. The molecule has 0 aromatic carbocycles. The van der Waals surface area contributed by atoms with Crippen LogP contribution in [0.1, 0.15) is 90.4 Å². The summed E-state index contributed by atoms with van der Waals surface area (Å²) in [5.41, 5.74) is -6.83. The van der Waals surface area contributed by atoms with Crippen LogP contribution in [0.4, 0.5) is 0 Å². The molecule has 34 nitrogen and oxygen atoms in total. The first-order chi connectivity index (χ1) is 52.3. The van der Waals surface area contributed by atoms with E-state index in [1.807, 2.05) is 6.92 Å². The summed E-state index contributed by atoms with van der Waals surface area (Å²) in [6, 6.07) is 0. The van der Waals surface area contributed by atoms with E-state index in [0.717, 1.165) is 0 Å². The lowest BCUT2D eigenvalue weighted by Crippen LogP contribution is -2.55. The van der Waals surface area contributed by atoms with Gasteiger partial charge in [0.1, 0.15) is 83.5 Å². The molecule has 0 spiro atoms. The van der Waals surface area contributed by atoms with Crippen molar-refractivity contribution in [2.24, 2.45) is 16.2 Å². The Morgan fingerprint density at radius 1 is 0.218 bits per heavy atom. The van der Waals surface area contributed by atoms with Crippen LogP contribution in [0.3, 0.4) is 0 Å². The van der Waals surface area contributed by atoms with Gasteiger partial charge in [0.15, 0.2) is 20.2 Å². The zero-order valence-electron chi connectivity index (χ0n) is 60.2. The van der Waals surface area contributed by atoms with E-state index in [-0.39, 0.29) is 213 Å². The lowest BCUT2D eigenvalue weighted by molar-refractivity contribution is -0.172. The number of ether oxygens (including phenoxy) is 14. The Bertz CT molecular complexity index is 2820. The molecule has 0 saturated carbocycles. The third-order valence-corrected chi connectivity index (χ3v) is 16.4. The van der Waals surface area contributed by atoms with Gasteiger partial charge in [-0.05, 0) is 6.42 Å². The van der Waals surface area contributed by atoms with Crippen molar-refractivity contribution in [1.29, 1.82) is 0 Å². The minimum absolute atomic E-state index is 0.00157. The third-order valence-electron chi connectivity index (χ3n) is 13.2. The summed E-state index contributed by atoms with van der Waals surface area (Å²) in [6.07, 6.45) is 1.22. The number of hydrogen-bond donors (Lipinski definition) is 14. The molecule has 0 saturated heterocycles. The summed E-state index contributed by atoms with van der Waals surface area (Å²) in [4.78, 5) is 200. The Morgan fingerprint density at radius 2 is 0.345 bits per heavy atom. The molecule has 0 fully saturated rings. The van der Waals surface area contributed by atoms with Crippen LogP contribution in [0.2, 0.25) is 0 Å². The average molecular weight is 1830 g/mol. The number of esters is 14. The van der Waals surface area contributed by atoms with Crippen LogP contribution in [0.15, 0.2) is 14.4 Å². The first-order valence-corrected chi connectivity index (χ1v) is 41.8. The van der Waals surface area contributed by atoms with Gasteiger partial charge in [-0.3, -0.25) is 67.1 Å². The van der Waals surface area contributed by atoms with Gasteiger partial charge in [-0.1, -0.05) is 6.92 Å². The molecular formula is C62H99N3O31S14. The monoisotopic (exact) mass is 1830 g/mol. The van der Waals surface area contributed by atoms with Crippen molar-refractivity contribution < 1.29 is 133 Å². The maximum Gasteiger partial charge on any atom is 0.341 e. The molecule has 0 aliphatic heterocycles. The summed E-state index contributed by atoms with van der Waals surface area (Å²) in [6.45, 7) is -2.91. The minimum atomic E-state index is -1.27.